The minimum Gasteiger partial charge on any atom is -0.481 e. The van der Waals surface area contributed by atoms with Crippen LogP contribution >= 0.6 is 0 Å². The smallest absolute Gasteiger partial charge is 0.305 e. The van der Waals surface area contributed by atoms with Crippen LogP contribution in [0.15, 0.2) is 0 Å². The molecule has 7 heteroatoms. The van der Waals surface area contributed by atoms with E-state index in [-0.39, 0.29) is 25.6 Å². The van der Waals surface area contributed by atoms with Crippen molar-refractivity contribution in [1.29, 1.82) is 0 Å². The third-order valence-electron chi connectivity index (χ3n) is 4.18. The van der Waals surface area contributed by atoms with E-state index in [1.165, 1.54) is 44.9 Å². The summed E-state index contributed by atoms with van der Waals surface area (Å²) in [5.74, 6) is -1.02. The number of esters is 1. The normalized spacial score (nSPS) is 10.9. The van der Waals surface area contributed by atoms with Crippen molar-refractivity contribution in [2.75, 3.05) is 46.2 Å². The summed E-state index contributed by atoms with van der Waals surface area (Å²) >= 11 is 0. The van der Waals surface area contributed by atoms with Gasteiger partial charge in [-0.1, -0.05) is 58.3 Å². The van der Waals surface area contributed by atoms with Crippen molar-refractivity contribution in [3.63, 3.8) is 0 Å². The zero-order valence-electron chi connectivity index (χ0n) is 17.6. The fourth-order valence-corrected chi connectivity index (χ4v) is 2.57. The van der Waals surface area contributed by atoms with E-state index < -0.39 is 5.97 Å². The topological polar surface area (TPSA) is 91.3 Å². The van der Waals surface area contributed by atoms with Crippen LogP contribution < -0.4 is 0 Å². The molecule has 0 heterocycles. The van der Waals surface area contributed by atoms with Crippen molar-refractivity contribution in [3.8, 4) is 0 Å². The summed E-state index contributed by atoms with van der Waals surface area (Å²) in [6.45, 7) is 4.67. The summed E-state index contributed by atoms with van der Waals surface area (Å²) in [5, 5.41) is 8.44. The largest absolute Gasteiger partial charge is 0.481 e. The number of aliphatic carboxylic acids is 1. The second kappa shape index (κ2) is 22.1. The molecule has 0 bridgehead atoms. The van der Waals surface area contributed by atoms with Gasteiger partial charge in [0.1, 0.15) is 6.61 Å². The SMILES string of the molecule is CCCCCCCCCCCC(=O)OCCOCCOCCOCCC(=O)O. The molecular weight excluding hydrogens is 364 g/mol. The maximum absolute atomic E-state index is 11.6. The van der Waals surface area contributed by atoms with Gasteiger partial charge < -0.3 is 24.1 Å². The van der Waals surface area contributed by atoms with E-state index >= 15 is 0 Å². The number of carbonyl (C=O) groups excluding carboxylic acids is 1. The molecule has 0 saturated carbocycles. The lowest BCUT2D eigenvalue weighted by Gasteiger charge is -2.07. The molecular formula is C21H40O7. The summed E-state index contributed by atoms with van der Waals surface area (Å²) in [5.41, 5.74) is 0. The van der Waals surface area contributed by atoms with Crippen LogP contribution in [0.3, 0.4) is 0 Å². The molecule has 0 aromatic heterocycles. The predicted octanol–water partition coefficient (Wildman–Crippen LogP) is 3.98. The Balaban J connectivity index is 3.16. The van der Waals surface area contributed by atoms with Gasteiger partial charge in [-0.2, -0.15) is 0 Å². The molecule has 0 unspecified atom stereocenters. The average molecular weight is 405 g/mol. The van der Waals surface area contributed by atoms with Gasteiger partial charge in [0, 0.05) is 6.42 Å². The van der Waals surface area contributed by atoms with Crippen LogP contribution in [-0.2, 0) is 28.5 Å². The lowest BCUT2D eigenvalue weighted by Crippen LogP contribution is -2.14. The number of carboxylic acid groups (broad SMARTS) is 1. The summed E-state index contributed by atoms with van der Waals surface area (Å²) < 4.78 is 20.8. The molecule has 0 spiro atoms. The van der Waals surface area contributed by atoms with Crippen molar-refractivity contribution in [2.45, 2.75) is 77.6 Å². The predicted molar refractivity (Wildman–Crippen MR) is 108 cm³/mol. The Hall–Kier alpha value is -1.18. The van der Waals surface area contributed by atoms with Gasteiger partial charge in [0.2, 0.25) is 0 Å². The number of hydrogen-bond donors (Lipinski definition) is 1. The van der Waals surface area contributed by atoms with Crippen LogP contribution in [-0.4, -0.2) is 63.3 Å². The van der Waals surface area contributed by atoms with Crippen LogP contribution in [0, 0.1) is 0 Å². The fourth-order valence-electron chi connectivity index (χ4n) is 2.57. The Labute approximate surface area is 170 Å². The Kier molecular flexibility index (Phi) is 21.2. The van der Waals surface area contributed by atoms with Crippen LogP contribution in [0.2, 0.25) is 0 Å². The third-order valence-corrected chi connectivity index (χ3v) is 4.18. The van der Waals surface area contributed by atoms with E-state index in [1.807, 2.05) is 0 Å². The van der Waals surface area contributed by atoms with E-state index in [2.05, 4.69) is 6.92 Å². The van der Waals surface area contributed by atoms with E-state index in [1.54, 1.807) is 0 Å². The molecule has 0 fully saturated rings. The number of rotatable bonds is 22. The molecule has 0 aromatic carbocycles. The quantitative estimate of drug-likeness (QED) is 0.216. The van der Waals surface area contributed by atoms with Gasteiger partial charge in [0.05, 0.1) is 46.1 Å². The summed E-state index contributed by atoms with van der Waals surface area (Å²) in [6.07, 6.45) is 11.6. The second-order valence-corrected chi connectivity index (χ2v) is 6.78. The lowest BCUT2D eigenvalue weighted by molar-refractivity contribution is -0.145. The highest BCUT2D eigenvalue weighted by Crippen LogP contribution is 2.10. The average Bonchev–Trinajstić information content (AvgIpc) is 2.67. The highest BCUT2D eigenvalue weighted by Gasteiger charge is 2.02. The van der Waals surface area contributed by atoms with Gasteiger partial charge in [0.15, 0.2) is 0 Å². The molecule has 1 N–H and O–H groups in total. The second-order valence-electron chi connectivity index (χ2n) is 6.78. The first-order valence-corrected chi connectivity index (χ1v) is 10.8. The standard InChI is InChI=1S/C21H40O7/c1-2-3-4-5-6-7-8-9-10-11-21(24)28-19-18-27-17-16-26-15-14-25-13-12-20(22)23/h2-19H2,1H3,(H,22,23). The molecule has 0 radical (unpaired) electrons. The van der Waals surface area contributed by atoms with Crippen molar-refractivity contribution >= 4 is 11.9 Å². The van der Waals surface area contributed by atoms with Gasteiger partial charge in [-0.05, 0) is 6.42 Å². The van der Waals surface area contributed by atoms with Crippen molar-refractivity contribution < 1.29 is 33.6 Å². The van der Waals surface area contributed by atoms with Crippen molar-refractivity contribution in [2.24, 2.45) is 0 Å². The minimum absolute atomic E-state index is 0.000949. The number of ether oxygens (including phenoxy) is 4. The van der Waals surface area contributed by atoms with Gasteiger partial charge >= 0.3 is 11.9 Å². The zero-order chi connectivity index (χ0) is 20.7. The highest BCUT2D eigenvalue weighted by molar-refractivity contribution is 5.69. The van der Waals surface area contributed by atoms with E-state index in [0.717, 1.165) is 12.8 Å². The molecule has 0 aromatic rings. The van der Waals surface area contributed by atoms with Gasteiger partial charge in [-0.25, -0.2) is 0 Å². The monoisotopic (exact) mass is 404 g/mol. The van der Waals surface area contributed by atoms with Crippen molar-refractivity contribution in [1.82, 2.24) is 0 Å². The molecule has 28 heavy (non-hydrogen) atoms. The minimum atomic E-state index is -0.872. The van der Waals surface area contributed by atoms with Crippen LogP contribution in [0.5, 0.6) is 0 Å². The van der Waals surface area contributed by atoms with E-state index in [0.29, 0.717) is 39.5 Å². The molecule has 0 amide bonds. The summed E-state index contributed by atoms with van der Waals surface area (Å²) in [6, 6.07) is 0. The maximum atomic E-state index is 11.6. The summed E-state index contributed by atoms with van der Waals surface area (Å²) in [4.78, 5) is 21.9. The van der Waals surface area contributed by atoms with Crippen LogP contribution in [0.1, 0.15) is 77.6 Å². The number of unbranched alkanes of at least 4 members (excludes halogenated alkanes) is 8. The number of carboxylic acids is 1. The van der Waals surface area contributed by atoms with Gasteiger partial charge in [-0.3, -0.25) is 9.59 Å². The van der Waals surface area contributed by atoms with Crippen molar-refractivity contribution in [3.05, 3.63) is 0 Å². The van der Waals surface area contributed by atoms with Crippen LogP contribution in [0.4, 0.5) is 0 Å². The van der Waals surface area contributed by atoms with Gasteiger partial charge in [0.25, 0.3) is 0 Å². The first-order valence-electron chi connectivity index (χ1n) is 10.8. The van der Waals surface area contributed by atoms with E-state index in [9.17, 15) is 9.59 Å². The Bertz CT molecular complexity index is 361. The molecule has 0 atom stereocenters. The Morgan fingerprint density at radius 3 is 1.61 bits per heavy atom. The van der Waals surface area contributed by atoms with E-state index in [4.69, 9.17) is 24.1 Å². The zero-order valence-corrected chi connectivity index (χ0v) is 17.6. The molecule has 166 valence electrons. The Morgan fingerprint density at radius 2 is 1.07 bits per heavy atom. The fraction of sp³-hybridized carbons (Fsp3) is 0.905. The van der Waals surface area contributed by atoms with Crippen LogP contribution in [0.25, 0.3) is 0 Å². The number of hydrogen-bond acceptors (Lipinski definition) is 6. The lowest BCUT2D eigenvalue weighted by atomic mass is 10.1. The molecule has 7 nitrogen and oxygen atoms in total. The molecule has 0 aliphatic carbocycles. The first-order chi connectivity index (χ1) is 13.7. The Morgan fingerprint density at radius 1 is 0.607 bits per heavy atom. The first kappa shape index (κ1) is 26.8. The van der Waals surface area contributed by atoms with Gasteiger partial charge in [-0.15, -0.1) is 0 Å². The highest BCUT2D eigenvalue weighted by atomic mass is 16.6. The molecule has 0 rings (SSSR count). The maximum Gasteiger partial charge on any atom is 0.305 e. The molecule has 0 aliphatic rings. The summed E-state index contributed by atoms with van der Waals surface area (Å²) in [7, 11) is 0. The molecule has 0 saturated heterocycles. The number of carbonyl (C=O) groups is 2. The molecule has 0 aliphatic heterocycles. The third kappa shape index (κ3) is 22.9.